The third-order valence-electron chi connectivity index (χ3n) is 1.64. The molecule has 0 aliphatic heterocycles. The van der Waals surface area contributed by atoms with Crippen LogP contribution in [0.3, 0.4) is 0 Å². The van der Waals surface area contributed by atoms with E-state index in [4.69, 9.17) is 5.73 Å². The lowest BCUT2D eigenvalue weighted by atomic mass is 10.0. The highest BCUT2D eigenvalue weighted by atomic mass is 16.2. The van der Waals surface area contributed by atoms with Crippen molar-refractivity contribution in [1.29, 1.82) is 0 Å². The van der Waals surface area contributed by atoms with E-state index in [0.717, 1.165) is 6.42 Å². The first-order valence-electron chi connectivity index (χ1n) is 3.86. The largest absolute Gasteiger partial charge is 0.369 e. The molecule has 0 radical (unpaired) electrons. The summed E-state index contributed by atoms with van der Waals surface area (Å²) in [5.41, 5.74) is 4.85. The van der Waals surface area contributed by atoms with E-state index in [9.17, 15) is 9.59 Å². The van der Waals surface area contributed by atoms with Gasteiger partial charge in [-0.2, -0.15) is 0 Å². The van der Waals surface area contributed by atoms with Crippen LogP contribution in [0.5, 0.6) is 0 Å². The number of hydrogen-bond acceptors (Lipinski definition) is 2. The minimum atomic E-state index is -0.529. The number of rotatable bonds is 5. The standard InChI is InChI=1S/C8H15NO2/c1-3-6(2)4-7(10)5-8(9)11/h6H,3-5H2,1-2H3,(H2,9,11)/t6-/m1/s1. The second-order valence-electron chi connectivity index (χ2n) is 2.90. The molecule has 0 saturated carbocycles. The molecule has 0 rings (SSSR count). The SMILES string of the molecule is CC[C@@H](C)CC(=O)CC(N)=O. The molecule has 0 aromatic heterocycles. The van der Waals surface area contributed by atoms with Gasteiger partial charge in [0.15, 0.2) is 0 Å². The van der Waals surface area contributed by atoms with Crippen LogP contribution in [0.15, 0.2) is 0 Å². The molecule has 64 valence electrons. The Balaban J connectivity index is 3.60. The van der Waals surface area contributed by atoms with Crippen LogP contribution < -0.4 is 5.73 Å². The second-order valence-corrected chi connectivity index (χ2v) is 2.90. The van der Waals surface area contributed by atoms with Crippen LogP contribution in [-0.2, 0) is 9.59 Å². The summed E-state index contributed by atoms with van der Waals surface area (Å²) in [5.74, 6) is -0.216. The highest BCUT2D eigenvalue weighted by Crippen LogP contribution is 2.07. The van der Waals surface area contributed by atoms with E-state index in [2.05, 4.69) is 0 Å². The number of hydrogen-bond donors (Lipinski definition) is 1. The lowest BCUT2D eigenvalue weighted by molar-refractivity contribution is -0.126. The van der Waals surface area contributed by atoms with Gasteiger partial charge in [-0.05, 0) is 5.92 Å². The van der Waals surface area contributed by atoms with E-state index in [1.807, 2.05) is 13.8 Å². The third-order valence-corrected chi connectivity index (χ3v) is 1.64. The van der Waals surface area contributed by atoms with Crippen molar-refractivity contribution in [3.05, 3.63) is 0 Å². The molecule has 1 amide bonds. The Hall–Kier alpha value is -0.860. The molecule has 0 fully saturated rings. The minimum absolute atomic E-state index is 0.0492. The van der Waals surface area contributed by atoms with Gasteiger partial charge < -0.3 is 5.73 Å². The summed E-state index contributed by atoms with van der Waals surface area (Å²) in [6.45, 7) is 4.00. The molecule has 11 heavy (non-hydrogen) atoms. The fraction of sp³-hybridized carbons (Fsp3) is 0.750. The molecule has 2 N–H and O–H groups in total. The summed E-state index contributed by atoms with van der Waals surface area (Å²) in [5, 5.41) is 0. The molecule has 1 atom stereocenters. The summed E-state index contributed by atoms with van der Waals surface area (Å²) in [6, 6.07) is 0. The average Bonchev–Trinajstić information content (AvgIpc) is 1.85. The van der Waals surface area contributed by atoms with Crippen molar-refractivity contribution >= 4 is 11.7 Å². The van der Waals surface area contributed by atoms with E-state index >= 15 is 0 Å². The molecular formula is C8H15NO2. The van der Waals surface area contributed by atoms with Gasteiger partial charge in [-0.15, -0.1) is 0 Å². The van der Waals surface area contributed by atoms with E-state index in [1.165, 1.54) is 0 Å². The zero-order chi connectivity index (χ0) is 8.85. The lowest BCUT2D eigenvalue weighted by Gasteiger charge is -2.04. The first-order chi connectivity index (χ1) is 5.06. The molecule has 3 nitrogen and oxygen atoms in total. The van der Waals surface area contributed by atoms with E-state index in [-0.39, 0.29) is 12.2 Å². The zero-order valence-corrected chi connectivity index (χ0v) is 7.09. The first kappa shape index (κ1) is 10.1. The van der Waals surface area contributed by atoms with Gasteiger partial charge >= 0.3 is 0 Å². The summed E-state index contributed by atoms with van der Waals surface area (Å²) in [4.78, 5) is 21.2. The molecule has 0 aromatic rings. The summed E-state index contributed by atoms with van der Waals surface area (Å²) >= 11 is 0. The van der Waals surface area contributed by atoms with Gasteiger partial charge in [-0.25, -0.2) is 0 Å². The van der Waals surface area contributed by atoms with Gasteiger partial charge in [0, 0.05) is 6.42 Å². The Bertz CT molecular complexity index is 154. The molecule has 0 aromatic carbocycles. The van der Waals surface area contributed by atoms with Crippen LogP contribution in [0.25, 0.3) is 0 Å². The highest BCUT2D eigenvalue weighted by Gasteiger charge is 2.09. The molecule has 0 saturated heterocycles. The van der Waals surface area contributed by atoms with Gasteiger partial charge in [0.2, 0.25) is 5.91 Å². The molecule has 0 aliphatic carbocycles. The summed E-state index contributed by atoms with van der Waals surface area (Å²) in [7, 11) is 0. The second kappa shape index (κ2) is 4.88. The average molecular weight is 157 g/mol. The van der Waals surface area contributed by atoms with Crippen molar-refractivity contribution in [2.75, 3.05) is 0 Å². The maximum absolute atomic E-state index is 10.9. The van der Waals surface area contributed by atoms with Crippen LogP contribution in [-0.4, -0.2) is 11.7 Å². The molecular weight excluding hydrogens is 142 g/mol. The van der Waals surface area contributed by atoms with Crippen molar-refractivity contribution in [1.82, 2.24) is 0 Å². The van der Waals surface area contributed by atoms with Crippen LogP contribution >= 0.6 is 0 Å². The van der Waals surface area contributed by atoms with Gasteiger partial charge in [0.25, 0.3) is 0 Å². The van der Waals surface area contributed by atoms with Crippen LogP contribution in [0.4, 0.5) is 0 Å². The van der Waals surface area contributed by atoms with Crippen molar-refractivity contribution in [3.8, 4) is 0 Å². The Morgan fingerprint density at radius 3 is 2.36 bits per heavy atom. The maximum Gasteiger partial charge on any atom is 0.224 e. The van der Waals surface area contributed by atoms with E-state index in [1.54, 1.807) is 0 Å². The molecule has 0 aliphatic rings. The zero-order valence-electron chi connectivity index (χ0n) is 7.09. The topological polar surface area (TPSA) is 60.2 Å². The van der Waals surface area contributed by atoms with Crippen LogP contribution in [0, 0.1) is 5.92 Å². The predicted octanol–water partition coefficient (Wildman–Crippen LogP) is 0.867. The van der Waals surface area contributed by atoms with Crippen molar-refractivity contribution < 1.29 is 9.59 Å². The van der Waals surface area contributed by atoms with E-state index in [0.29, 0.717) is 12.3 Å². The maximum atomic E-state index is 10.9. The quantitative estimate of drug-likeness (QED) is 0.602. The van der Waals surface area contributed by atoms with Crippen LogP contribution in [0.1, 0.15) is 33.1 Å². The predicted molar refractivity (Wildman–Crippen MR) is 42.9 cm³/mol. The van der Waals surface area contributed by atoms with Gasteiger partial charge in [0.05, 0.1) is 6.42 Å². The Morgan fingerprint density at radius 1 is 1.45 bits per heavy atom. The molecule has 0 spiro atoms. The number of amides is 1. The van der Waals surface area contributed by atoms with Gasteiger partial charge in [-0.1, -0.05) is 20.3 Å². The van der Waals surface area contributed by atoms with E-state index < -0.39 is 5.91 Å². The van der Waals surface area contributed by atoms with Gasteiger partial charge in [-0.3, -0.25) is 9.59 Å². The van der Waals surface area contributed by atoms with Gasteiger partial charge in [0.1, 0.15) is 5.78 Å². The number of carbonyl (C=O) groups is 2. The smallest absolute Gasteiger partial charge is 0.224 e. The fourth-order valence-corrected chi connectivity index (χ4v) is 0.799. The minimum Gasteiger partial charge on any atom is -0.369 e. The summed E-state index contributed by atoms with van der Waals surface area (Å²) in [6.07, 6.45) is 1.33. The summed E-state index contributed by atoms with van der Waals surface area (Å²) < 4.78 is 0. The Kier molecular flexibility index (Phi) is 4.50. The number of primary amides is 1. The molecule has 3 heteroatoms. The third kappa shape index (κ3) is 5.58. The first-order valence-corrected chi connectivity index (χ1v) is 3.86. The van der Waals surface area contributed by atoms with Crippen molar-refractivity contribution in [2.24, 2.45) is 11.7 Å². The highest BCUT2D eigenvalue weighted by molar-refractivity contribution is 5.97. The Labute approximate surface area is 67.0 Å². The lowest BCUT2D eigenvalue weighted by Crippen LogP contribution is -2.17. The fourth-order valence-electron chi connectivity index (χ4n) is 0.799. The number of Topliss-reactive ketones (excluding diaryl/α,β-unsaturated/α-hetero) is 1. The normalized spacial score (nSPS) is 12.5. The molecule has 0 bridgehead atoms. The monoisotopic (exact) mass is 157 g/mol. The molecule has 0 unspecified atom stereocenters. The van der Waals surface area contributed by atoms with Crippen molar-refractivity contribution in [3.63, 3.8) is 0 Å². The van der Waals surface area contributed by atoms with Crippen molar-refractivity contribution in [2.45, 2.75) is 33.1 Å². The Morgan fingerprint density at radius 2 is 2.00 bits per heavy atom. The number of ketones is 1. The number of nitrogens with two attached hydrogens (primary N) is 1. The van der Waals surface area contributed by atoms with Crippen LogP contribution in [0.2, 0.25) is 0 Å². The molecule has 0 heterocycles. The number of carbonyl (C=O) groups excluding carboxylic acids is 2.